The lowest BCUT2D eigenvalue weighted by atomic mass is 9.82. The Morgan fingerprint density at radius 3 is 2.47 bits per heavy atom. The van der Waals surface area contributed by atoms with Crippen LogP contribution in [0.4, 0.5) is 0 Å². The molecule has 0 heterocycles. The second-order valence-electron chi connectivity index (χ2n) is 4.61. The van der Waals surface area contributed by atoms with Crippen LogP contribution in [0, 0.1) is 11.8 Å². The van der Waals surface area contributed by atoms with E-state index in [0.717, 1.165) is 30.8 Å². The van der Waals surface area contributed by atoms with E-state index in [2.05, 4.69) is 13.8 Å². The second kappa shape index (κ2) is 5.91. The van der Waals surface area contributed by atoms with Crippen LogP contribution in [0.2, 0.25) is 0 Å². The molecule has 1 aliphatic carbocycles. The van der Waals surface area contributed by atoms with Gasteiger partial charge in [0.2, 0.25) is 0 Å². The van der Waals surface area contributed by atoms with Crippen LogP contribution in [-0.2, 0) is 9.53 Å². The van der Waals surface area contributed by atoms with Crippen molar-refractivity contribution in [3.63, 3.8) is 0 Å². The number of aliphatic carboxylic acids is 1. The van der Waals surface area contributed by atoms with Gasteiger partial charge in [-0.05, 0) is 31.1 Å². The molecule has 1 saturated carbocycles. The molecule has 2 atom stereocenters. The highest BCUT2D eigenvalue weighted by atomic mass is 16.5. The van der Waals surface area contributed by atoms with Crippen molar-refractivity contribution in [3.8, 4) is 0 Å². The summed E-state index contributed by atoms with van der Waals surface area (Å²) >= 11 is 0. The summed E-state index contributed by atoms with van der Waals surface area (Å²) in [5.41, 5.74) is 0. The average molecular weight is 212 g/mol. The van der Waals surface area contributed by atoms with E-state index in [9.17, 15) is 4.79 Å². The summed E-state index contributed by atoms with van der Waals surface area (Å²) in [4.78, 5) is 10.2. The Labute approximate surface area is 91.1 Å². The lowest BCUT2D eigenvalue weighted by Crippen LogP contribution is -2.26. The molecule has 1 N–H and O–H groups in total. The summed E-state index contributed by atoms with van der Waals surface area (Å²) in [5.74, 6) is 0.536. The van der Waals surface area contributed by atoms with Crippen LogP contribution in [0.5, 0.6) is 0 Å². The normalized spacial score (nSPS) is 32.0. The number of carboxylic acids is 1. The second-order valence-corrected chi connectivity index (χ2v) is 4.61. The summed E-state index contributed by atoms with van der Waals surface area (Å²) in [6.07, 6.45) is 6.49. The third kappa shape index (κ3) is 4.98. The molecule has 0 aliphatic heterocycles. The van der Waals surface area contributed by atoms with Crippen molar-refractivity contribution in [3.05, 3.63) is 12.2 Å². The first kappa shape index (κ1) is 12.2. The Hall–Kier alpha value is -0.830. The maximum atomic E-state index is 10.2. The van der Waals surface area contributed by atoms with E-state index in [-0.39, 0.29) is 0 Å². The third-order valence-electron chi connectivity index (χ3n) is 2.82. The molecule has 2 unspecified atom stereocenters. The lowest BCUT2D eigenvalue weighted by Gasteiger charge is -2.31. The Balaban J connectivity index is 2.23. The Kier molecular flexibility index (Phi) is 4.82. The van der Waals surface area contributed by atoms with Crippen LogP contribution in [0.25, 0.3) is 0 Å². The van der Waals surface area contributed by atoms with Gasteiger partial charge >= 0.3 is 5.97 Å². The lowest BCUT2D eigenvalue weighted by molar-refractivity contribution is -0.131. The molecule has 0 aromatic carbocycles. The number of carboxylic acid groups (broad SMARTS) is 1. The fourth-order valence-corrected chi connectivity index (χ4v) is 2.35. The molecule has 0 radical (unpaired) electrons. The predicted octanol–water partition coefficient (Wildman–Crippen LogP) is 2.47. The van der Waals surface area contributed by atoms with Gasteiger partial charge in [0.05, 0.1) is 12.7 Å². The minimum atomic E-state index is -0.913. The van der Waals surface area contributed by atoms with Crippen molar-refractivity contribution < 1.29 is 14.6 Å². The van der Waals surface area contributed by atoms with E-state index in [4.69, 9.17) is 9.84 Å². The van der Waals surface area contributed by atoms with Crippen molar-refractivity contribution in [2.24, 2.45) is 11.8 Å². The molecule has 0 aromatic rings. The van der Waals surface area contributed by atoms with Gasteiger partial charge in [0.15, 0.2) is 0 Å². The van der Waals surface area contributed by atoms with Gasteiger partial charge in [-0.2, -0.15) is 0 Å². The zero-order valence-electron chi connectivity index (χ0n) is 9.48. The third-order valence-corrected chi connectivity index (χ3v) is 2.82. The summed E-state index contributed by atoms with van der Waals surface area (Å²) in [6, 6.07) is 0. The fraction of sp³-hybridized carbons (Fsp3) is 0.750. The molecule has 1 rings (SSSR count). The van der Waals surface area contributed by atoms with Gasteiger partial charge in [-0.25, -0.2) is 4.79 Å². The largest absolute Gasteiger partial charge is 0.478 e. The van der Waals surface area contributed by atoms with E-state index in [1.54, 1.807) is 6.08 Å². The highest BCUT2D eigenvalue weighted by Crippen LogP contribution is 2.30. The minimum absolute atomic E-state index is 0.308. The van der Waals surface area contributed by atoms with Crippen molar-refractivity contribution in [1.82, 2.24) is 0 Å². The van der Waals surface area contributed by atoms with Gasteiger partial charge < -0.3 is 9.84 Å². The first-order valence-electron chi connectivity index (χ1n) is 5.59. The van der Waals surface area contributed by atoms with Gasteiger partial charge in [0.25, 0.3) is 0 Å². The Morgan fingerprint density at radius 1 is 1.33 bits per heavy atom. The fourth-order valence-electron chi connectivity index (χ4n) is 2.35. The molecule has 3 heteroatoms. The summed E-state index contributed by atoms with van der Waals surface area (Å²) in [6.45, 7) is 4.91. The van der Waals surface area contributed by atoms with E-state index in [1.165, 1.54) is 6.42 Å². The van der Waals surface area contributed by atoms with Gasteiger partial charge in [0, 0.05) is 6.08 Å². The van der Waals surface area contributed by atoms with Crippen LogP contribution >= 0.6 is 0 Å². The molecule has 86 valence electrons. The standard InChI is InChI=1S/C12H20O3/c1-9-6-10(2)8-11(7-9)15-5-3-4-12(13)14/h3-4,9-11H,5-8H2,1-2H3,(H,13,14)/b4-3+. The summed E-state index contributed by atoms with van der Waals surface area (Å²) < 4.78 is 5.62. The molecule has 0 bridgehead atoms. The van der Waals surface area contributed by atoms with Gasteiger partial charge in [-0.1, -0.05) is 19.9 Å². The topological polar surface area (TPSA) is 46.5 Å². The van der Waals surface area contributed by atoms with Crippen LogP contribution < -0.4 is 0 Å². The number of rotatable bonds is 4. The monoisotopic (exact) mass is 212 g/mol. The molecule has 3 nitrogen and oxygen atoms in total. The molecular weight excluding hydrogens is 192 g/mol. The zero-order valence-corrected chi connectivity index (χ0v) is 9.48. The van der Waals surface area contributed by atoms with Crippen LogP contribution in [0.3, 0.4) is 0 Å². The molecule has 1 aliphatic rings. The van der Waals surface area contributed by atoms with Crippen LogP contribution in [-0.4, -0.2) is 23.8 Å². The van der Waals surface area contributed by atoms with Gasteiger partial charge in [0.1, 0.15) is 0 Å². The molecular formula is C12H20O3. The van der Waals surface area contributed by atoms with E-state index in [0.29, 0.717) is 12.7 Å². The minimum Gasteiger partial charge on any atom is -0.478 e. The quantitative estimate of drug-likeness (QED) is 0.728. The van der Waals surface area contributed by atoms with E-state index >= 15 is 0 Å². The summed E-state index contributed by atoms with van der Waals surface area (Å²) in [5, 5.41) is 8.39. The molecule has 0 aromatic heterocycles. The maximum Gasteiger partial charge on any atom is 0.328 e. The molecule has 0 amide bonds. The van der Waals surface area contributed by atoms with Crippen molar-refractivity contribution >= 4 is 5.97 Å². The van der Waals surface area contributed by atoms with Crippen LogP contribution in [0.15, 0.2) is 12.2 Å². The highest BCUT2D eigenvalue weighted by molar-refractivity contribution is 5.79. The Morgan fingerprint density at radius 2 is 1.93 bits per heavy atom. The molecule has 0 spiro atoms. The predicted molar refractivity (Wildman–Crippen MR) is 58.7 cm³/mol. The number of hydrogen-bond donors (Lipinski definition) is 1. The number of ether oxygens (including phenoxy) is 1. The smallest absolute Gasteiger partial charge is 0.328 e. The zero-order chi connectivity index (χ0) is 11.3. The van der Waals surface area contributed by atoms with Gasteiger partial charge in [-0.15, -0.1) is 0 Å². The summed E-state index contributed by atoms with van der Waals surface area (Å²) in [7, 11) is 0. The van der Waals surface area contributed by atoms with Crippen molar-refractivity contribution in [1.29, 1.82) is 0 Å². The molecule has 1 fully saturated rings. The first-order chi connectivity index (χ1) is 7.08. The maximum absolute atomic E-state index is 10.2. The Bertz CT molecular complexity index is 225. The highest BCUT2D eigenvalue weighted by Gasteiger charge is 2.23. The van der Waals surface area contributed by atoms with Crippen molar-refractivity contribution in [2.45, 2.75) is 39.2 Å². The van der Waals surface area contributed by atoms with Gasteiger partial charge in [-0.3, -0.25) is 0 Å². The number of hydrogen-bond acceptors (Lipinski definition) is 2. The molecule has 0 saturated heterocycles. The number of carbonyl (C=O) groups is 1. The van der Waals surface area contributed by atoms with E-state index < -0.39 is 5.97 Å². The first-order valence-corrected chi connectivity index (χ1v) is 5.59. The van der Waals surface area contributed by atoms with Crippen molar-refractivity contribution in [2.75, 3.05) is 6.61 Å². The average Bonchev–Trinajstić information content (AvgIpc) is 2.10. The molecule has 15 heavy (non-hydrogen) atoms. The van der Waals surface area contributed by atoms with E-state index in [1.807, 2.05) is 0 Å². The SMILES string of the molecule is CC1CC(C)CC(OC/C=C/C(=O)O)C1. The van der Waals surface area contributed by atoms with Crippen LogP contribution in [0.1, 0.15) is 33.1 Å².